The summed E-state index contributed by atoms with van der Waals surface area (Å²) in [5.74, 6) is -2.90. The lowest BCUT2D eigenvalue weighted by Crippen LogP contribution is -2.62. The Morgan fingerprint density at radius 2 is 1.86 bits per heavy atom. The van der Waals surface area contributed by atoms with Gasteiger partial charge in [-0.05, 0) is 30.5 Å². The summed E-state index contributed by atoms with van der Waals surface area (Å²) in [6.07, 6.45) is -3.35. The van der Waals surface area contributed by atoms with Crippen LogP contribution in [0.1, 0.15) is 17.5 Å². The normalized spacial score (nSPS) is 20.4. The van der Waals surface area contributed by atoms with Crippen LogP contribution in [0.3, 0.4) is 0 Å². The van der Waals surface area contributed by atoms with Gasteiger partial charge in [0.25, 0.3) is 5.92 Å². The van der Waals surface area contributed by atoms with Crippen molar-refractivity contribution < 1.29 is 26.7 Å². The molecular formula is C14H13F5N2O. The topological polar surface area (TPSA) is 23.6 Å². The minimum atomic E-state index is -4.51. The van der Waals surface area contributed by atoms with Crippen molar-refractivity contribution in [3.05, 3.63) is 29.3 Å². The number of hydrogen-bond acceptors (Lipinski definition) is 1. The Labute approximate surface area is 123 Å². The van der Waals surface area contributed by atoms with Crippen LogP contribution in [0, 0.1) is 0 Å². The molecule has 2 heterocycles. The van der Waals surface area contributed by atoms with E-state index in [1.54, 1.807) is 0 Å². The second-order valence-corrected chi connectivity index (χ2v) is 5.59. The van der Waals surface area contributed by atoms with Gasteiger partial charge in [-0.2, -0.15) is 13.2 Å². The summed E-state index contributed by atoms with van der Waals surface area (Å²) < 4.78 is 64.2. The van der Waals surface area contributed by atoms with Crippen LogP contribution >= 0.6 is 0 Å². The Morgan fingerprint density at radius 3 is 2.45 bits per heavy atom. The number of hydrogen-bond donors (Lipinski definition) is 0. The van der Waals surface area contributed by atoms with Crippen LogP contribution < -0.4 is 4.90 Å². The molecule has 0 N–H and O–H groups in total. The minimum Gasteiger partial charge on any atom is -0.312 e. The summed E-state index contributed by atoms with van der Waals surface area (Å²) in [6, 6.07) is 2.59. The molecule has 0 spiro atoms. The molecular weight excluding hydrogens is 307 g/mol. The number of nitrogens with zero attached hydrogens (tertiary/aromatic N) is 2. The monoisotopic (exact) mass is 320 g/mol. The second kappa shape index (κ2) is 4.82. The van der Waals surface area contributed by atoms with Gasteiger partial charge in [-0.15, -0.1) is 0 Å². The number of urea groups is 1. The highest BCUT2D eigenvalue weighted by Crippen LogP contribution is 2.37. The molecule has 0 aromatic heterocycles. The Kier molecular flexibility index (Phi) is 3.30. The molecule has 120 valence electrons. The first-order valence-electron chi connectivity index (χ1n) is 6.82. The Hall–Kier alpha value is -1.86. The van der Waals surface area contributed by atoms with Crippen molar-refractivity contribution in [1.29, 1.82) is 0 Å². The lowest BCUT2D eigenvalue weighted by molar-refractivity contribution is -0.137. The molecule has 0 radical (unpaired) electrons. The number of alkyl halides is 5. The molecule has 22 heavy (non-hydrogen) atoms. The van der Waals surface area contributed by atoms with Crippen LogP contribution in [0.15, 0.2) is 18.2 Å². The highest BCUT2D eigenvalue weighted by atomic mass is 19.4. The summed E-state index contributed by atoms with van der Waals surface area (Å²) in [6.45, 7) is -1.14. The maximum Gasteiger partial charge on any atom is 0.416 e. The third kappa shape index (κ3) is 2.62. The number of carbonyl (C=O) groups excluding carboxylic acids is 1. The van der Waals surface area contributed by atoms with Crippen molar-refractivity contribution in [3.63, 3.8) is 0 Å². The van der Waals surface area contributed by atoms with Crippen LogP contribution in [0.25, 0.3) is 0 Å². The third-order valence-corrected chi connectivity index (χ3v) is 3.88. The zero-order valence-corrected chi connectivity index (χ0v) is 11.5. The minimum absolute atomic E-state index is 0.168. The van der Waals surface area contributed by atoms with Crippen molar-refractivity contribution in [2.45, 2.75) is 24.9 Å². The second-order valence-electron chi connectivity index (χ2n) is 5.59. The van der Waals surface area contributed by atoms with E-state index in [2.05, 4.69) is 0 Å². The SMILES string of the molecule is O=C(N1CC(F)(F)C1)N1CCCc2ccc(C(F)(F)F)cc21. The number of amides is 2. The lowest BCUT2D eigenvalue weighted by Gasteiger charge is -2.42. The van der Waals surface area contributed by atoms with Crippen LogP contribution in [-0.2, 0) is 12.6 Å². The van der Waals surface area contributed by atoms with Crippen molar-refractivity contribution in [1.82, 2.24) is 4.90 Å². The first-order valence-corrected chi connectivity index (χ1v) is 6.82. The van der Waals surface area contributed by atoms with Crippen molar-refractivity contribution in [3.8, 4) is 0 Å². The number of halogens is 5. The molecule has 2 aliphatic rings. The van der Waals surface area contributed by atoms with Gasteiger partial charge in [0.1, 0.15) is 0 Å². The largest absolute Gasteiger partial charge is 0.416 e. The highest BCUT2D eigenvalue weighted by molar-refractivity contribution is 5.94. The molecule has 1 fully saturated rings. The summed E-state index contributed by atoms with van der Waals surface area (Å²) >= 11 is 0. The van der Waals surface area contributed by atoms with E-state index < -0.39 is 36.8 Å². The van der Waals surface area contributed by atoms with Crippen LogP contribution in [0.4, 0.5) is 32.4 Å². The molecule has 1 saturated heterocycles. The molecule has 0 atom stereocenters. The molecule has 2 amide bonds. The van der Waals surface area contributed by atoms with E-state index >= 15 is 0 Å². The fraction of sp³-hybridized carbons (Fsp3) is 0.500. The Bertz CT molecular complexity index is 606. The van der Waals surface area contributed by atoms with E-state index in [0.717, 1.165) is 17.0 Å². The fourth-order valence-electron chi connectivity index (χ4n) is 2.77. The van der Waals surface area contributed by atoms with E-state index in [1.165, 1.54) is 11.0 Å². The van der Waals surface area contributed by atoms with Crippen molar-refractivity contribution in [2.24, 2.45) is 0 Å². The lowest BCUT2D eigenvalue weighted by atomic mass is 9.99. The van der Waals surface area contributed by atoms with Gasteiger partial charge in [0, 0.05) is 12.2 Å². The standard InChI is InChI=1S/C14H13F5N2O/c15-13(16)7-20(8-13)12(22)21-5-1-2-9-3-4-10(6-11(9)21)14(17,18)19/h3-4,6H,1-2,5,7-8H2. The first kappa shape index (κ1) is 15.1. The van der Waals surface area contributed by atoms with Gasteiger partial charge in [-0.25, -0.2) is 13.6 Å². The molecule has 3 rings (SSSR count). The van der Waals surface area contributed by atoms with Gasteiger partial charge in [-0.1, -0.05) is 6.07 Å². The molecule has 1 aromatic rings. The van der Waals surface area contributed by atoms with Gasteiger partial charge in [-0.3, -0.25) is 4.90 Å². The van der Waals surface area contributed by atoms with Gasteiger partial charge < -0.3 is 4.90 Å². The maximum atomic E-state index is 12.9. The fourth-order valence-corrected chi connectivity index (χ4v) is 2.77. The van der Waals surface area contributed by atoms with Gasteiger partial charge >= 0.3 is 12.2 Å². The smallest absolute Gasteiger partial charge is 0.312 e. The van der Waals surface area contributed by atoms with Gasteiger partial charge in [0.15, 0.2) is 0 Å². The average molecular weight is 320 g/mol. The summed E-state index contributed by atoms with van der Waals surface area (Å²) in [4.78, 5) is 14.4. The number of likely N-dealkylation sites (tertiary alicyclic amines) is 1. The van der Waals surface area contributed by atoms with Gasteiger partial charge in [0.2, 0.25) is 0 Å². The molecule has 1 aromatic carbocycles. The maximum absolute atomic E-state index is 12.9. The van der Waals surface area contributed by atoms with E-state index in [0.29, 0.717) is 18.4 Å². The summed E-state index contributed by atoms with van der Waals surface area (Å²) in [5.41, 5.74) is -0.0546. The molecule has 2 aliphatic heterocycles. The van der Waals surface area contributed by atoms with Crippen LogP contribution in [-0.4, -0.2) is 36.5 Å². The molecule has 8 heteroatoms. The molecule has 0 saturated carbocycles. The Morgan fingerprint density at radius 1 is 1.18 bits per heavy atom. The highest BCUT2D eigenvalue weighted by Gasteiger charge is 2.48. The molecule has 3 nitrogen and oxygen atoms in total. The predicted molar refractivity (Wildman–Crippen MR) is 69.0 cm³/mol. The average Bonchev–Trinajstić information content (AvgIpc) is 2.41. The van der Waals surface area contributed by atoms with Gasteiger partial charge in [0.05, 0.1) is 18.7 Å². The Balaban J connectivity index is 1.88. The van der Waals surface area contributed by atoms with E-state index in [9.17, 15) is 26.7 Å². The van der Waals surface area contributed by atoms with E-state index in [4.69, 9.17) is 0 Å². The zero-order valence-electron chi connectivity index (χ0n) is 11.5. The van der Waals surface area contributed by atoms with Crippen LogP contribution in [0.2, 0.25) is 0 Å². The number of aryl methyl sites for hydroxylation is 1. The van der Waals surface area contributed by atoms with Crippen LogP contribution in [0.5, 0.6) is 0 Å². The number of fused-ring (bicyclic) bond motifs is 1. The third-order valence-electron chi connectivity index (χ3n) is 3.88. The van der Waals surface area contributed by atoms with E-state index in [1.807, 2.05) is 0 Å². The number of anilines is 1. The zero-order chi connectivity index (χ0) is 16.1. The first-order chi connectivity index (χ1) is 10.2. The number of carbonyl (C=O) groups is 1. The summed E-state index contributed by atoms with van der Waals surface area (Å²) in [7, 11) is 0. The number of benzene rings is 1. The van der Waals surface area contributed by atoms with E-state index in [-0.39, 0.29) is 12.2 Å². The predicted octanol–water partition coefficient (Wildman–Crippen LogP) is 3.53. The molecule has 0 bridgehead atoms. The van der Waals surface area contributed by atoms with Crippen molar-refractivity contribution in [2.75, 3.05) is 24.5 Å². The number of rotatable bonds is 0. The molecule has 0 aliphatic carbocycles. The summed E-state index contributed by atoms with van der Waals surface area (Å²) in [5, 5.41) is 0. The van der Waals surface area contributed by atoms with Crippen molar-refractivity contribution >= 4 is 11.7 Å². The molecule has 0 unspecified atom stereocenters. The quantitative estimate of drug-likeness (QED) is 0.671.